The molecule has 0 heterocycles. The van der Waals surface area contributed by atoms with Gasteiger partial charge in [0.2, 0.25) is 0 Å². The molecule has 0 spiro atoms. The van der Waals surface area contributed by atoms with Crippen molar-refractivity contribution >= 4 is 80.5 Å². The second kappa shape index (κ2) is 10.9. The van der Waals surface area contributed by atoms with E-state index in [0.29, 0.717) is 0 Å². The number of hydrogen-bond acceptors (Lipinski definition) is 4. The molecular weight excluding hydrogens is 226 g/mol. The Labute approximate surface area is 119 Å². The second-order valence-electron chi connectivity index (χ2n) is 1.26. The Kier molecular flexibility index (Phi) is 19.8. The van der Waals surface area contributed by atoms with E-state index in [1.54, 1.807) is 0 Å². The number of carboxylic acid groups (broad SMARTS) is 2. The summed E-state index contributed by atoms with van der Waals surface area (Å²) in [5.74, 6) is -0.833. The molecule has 0 atom stereocenters. The van der Waals surface area contributed by atoms with Gasteiger partial charge in [0, 0.05) is 6.92 Å². The second-order valence-corrected chi connectivity index (χ2v) is 2.56. The molecule has 0 amide bonds. The minimum absolute atomic E-state index is 0. The molecule has 0 aliphatic heterocycles. The van der Waals surface area contributed by atoms with Crippen molar-refractivity contribution in [3.8, 4) is 0 Å². The summed E-state index contributed by atoms with van der Waals surface area (Å²) in [6.07, 6.45) is 0. The standard InChI is InChI=1S/C2H4O2.CH2O5S.2Na.2H/c1-2(3)4;2-1(3)7(4,5)6;;;;/h1H3,(H,3,4);(H,2,3)(H,4,5,6);;;;. The summed E-state index contributed by atoms with van der Waals surface area (Å²) in [5.41, 5.74) is 0. The summed E-state index contributed by atoms with van der Waals surface area (Å²) < 4.78 is 26.0. The third-order valence-electron chi connectivity index (χ3n) is 0.221. The first-order chi connectivity index (χ1) is 4.68. The van der Waals surface area contributed by atoms with Gasteiger partial charge in [0.05, 0.1) is 0 Å². The Morgan fingerprint density at radius 1 is 1.08 bits per heavy atom. The molecule has 70 valence electrons. The van der Waals surface area contributed by atoms with Gasteiger partial charge in [0.1, 0.15) is 0 Å². The van der Waals surface area contributed by atoms with Gasteiger partial charge in [-0.05, 0) is 0 Å². The molecule has 0 aliphatic rings. The third-order valence-corrected chi connectivity index (χ3v) is 0.662. The summed E-state index contributed by atoms with van der Waals surface area (Å²) in [7, 11) is -4.82. The van der Waals surface area contributed by atoms with Crippen molar-refractivity contribution in [2.45, 2.75) is 6.92 Å². The molecule has 0 aromatic carbocycles. The van der Waals surface area contributed by atoms with Crippen LogP contribution in [0.25, 0.3) is 0 Å². The Balaban J connectivity index is -0.0000000600. The molecule has 3 N–H and O–H groups in total. The maximum absolute atomic E-state index is 9.29. The fraction of sp³-hybridized carbons (Fsp3) is 0.333. The monoisotopic (exact) mass is 234 g/mol. The average Bonchev–Trinajstić information content (AvgIpc) is 1.59. The molecule has 0 aromatic rings. The molecule has 0 aliphatic carbocycles. The zero-order valence-corrected chi connectivity index (χ0v) is 6.20. The van der Waals surface area contributed by atoms with Crippen molar-refractivity contribution in [2.24, 2.45) is 0 Å². The quantitative estimate of drug-likeness (QED) is 0.338. The molecule has 0 radical (unpaired) electrons. The first-order valence-electron chi connectivity index (χ1n) is 2.08. The first kappa shape index (κ1) is 23.6. The van der Waals surface area contributed by atoms with Crippen molar-refractivity contribution in [2.75, 3.05) is 0 Å². The van der Waals surface area contributed by atoms with E-state index in [9.17, 15) is 13.2 Å². The van der Waals surface area contributed by atoms with E-state index in [-0.39, 0.29) is 59.1 Å². The first-order valence-corrected chi connectivity index (χ1v) is 3.52. The molecule has 13 heavy (non-hydrogen) atoms. The number of carboxylic acids is 1. The van der Waals surface area contributed by atoms with E-state index >= 15 is 0 Å². The fourth-order valence-electron chi connectivity index (χ4n) is 0. The molecule has 0 rings (SSSR count). The summed E-state index contributed by atoms with van der Waals surface area (Å²) in [6, 6.07) is 0. The normalized spacial score (nSPS) is 7.85. The summed E-state index contributed by atoms with van der Waals surface area (Å²) in [5, 5.41) is 12.6. The van der Waals surface area contributed by atoms with Crippen LogP contribution in [0.1, 0.15) is 6.92 Å². The number of hydrogen-bond donors (Lipinski definition) is 3. The molecule has 0 fully saturated rings. The van der Waals surface area contributed by atoms with Crippen molar-refractivity contribution in [3.63, 3.8) is 0 Å². The minimum atomic E-state index is -4.82. The molecule has 0 saturated heterocycles. The molecule has 0 bridgehead atoms. The number of aliphatic carboxylic acids is 1. The van der Waals surface area contributed by atoms with Crippen LogP contribution in [0.3, 0.4) is 0 Å². The van der Waals surface area contributed by atoms with Crippen molar-refractivity contribution in [3.05, 3.63) is 0 Å². The molecule has 0 saturated carbocycles. The molecular formula is C3H8Na2O7S. The van der Waals surface area contributed by atoms with Gasteiger partial charge in [-0.2, -0.15) is 8.42 Å². The third kappa shape index (κ3) is 32.2. The SMILES string of the molecule is CC(=O)O.O=C(O)S(=O)(=O)O.[NaH].[NaH]. The van der Waals surface area contributed by atoms with Crippen molar-refractivity contribution in [1.82, 2.24) is 0 Å². The van der Waals surface area contributed by atoms with Crippen LogP contribution in [0.15, 0.2) is 0 Å². The van der Waals surface area contributed by atoms with Gasteiger partial charge >= 0.3 is 74.5 Å². The van der Waals surface area contributed by atoms with Crippen LogP contribution in [-0.4, -0.2) is 93.6 Å². The average molecular weight is 234 g/mol. The topological polar surface area (TPSA) is 129 Å². The van der Waals surface area contributed by atoms with Gasteiger partial charge in [-0.15, -0.1) is 0 Å². The van der Waals surface area contributed by atoms with Crippen LogP contribution < -0.4 is 0 Å². The summed E-state index contributed by atoms with van der Waals surface area (Å²) >= 11 is 0. The van der Waals surface area contributed by atoms with Gasteiger partial charge in [-0.25, -0.2) is 4.79 Å². The van der Waals surface area contributed by atoms with E-state index in [1.165, 1.54) is 0 Å². The molecule has 0 unspecified atom stereocenters. The van der Waals surface area contributed by atoms with Gasteiger partial charge in [0.25, 0.3) is 5.97 Å². The van der Waals surface area contributed by atoms with Crippen molar-refractivity contribution in [1.29, 1.82) is 0 Å². The van der Waals surface area contributed by atoms with Gasteiger partial charge in [-0.3, -0.25) is 9.35 Å². The van der Waals surface area contributed by atoms with Crippen LogP contribution in [0.2, 0.25) is 0 Å². The van der Waals surface area contributed by atoms with Crippen molar-refractivity contribution < 1.29 is 32.8 Å². The number of rotatable bonds is 0. The molecule has 0 aromatic heterocycles. The van der Waals surface area contributed by atoms with Crippen LogP contribution in [-0.2, 0) is 14.9 Å². The Bertz CT molecular complexity index is 240. The summed E-state index contributed by atoms with van der Waals surface area (Å²) in [4.78, 5) is 18.2. The Hall–Kier alpha value is 0.850. The Morgan fingerprint density at radius 3 is 1.15 bits per heavy atom. The van der Waals surface area contributed by atoms with E-state index < -0.39 is 21.4 Å². The maximum atomic E-state index is 9.29. The predicted molar refractivity (Wildman–Crippen MR) is 47.2 cm³/mol. The van der Waals surface area contributed by atoms with Gasteiger partial charge in [-0.1, -0.05) is 0 Å². The Morgan fingerprint density at radius 2 is 1.15 bits per heavy atom. The van der Waals surface area contributed by atoms with E-state index in [1.807, 2.05) is 0 Å². The fourth-order valence-corrected chi connectivity index (χ4v) is 0. The van der Waals surface area contributed by atoms with Gasteiger partial charge in [0.15, 0.2) is 0 Å². The molecule has 7 nitrogen and oxygen atoms in total. The number of carbonyl (C=O) groups is 2. The zero-order chi connectivity index (χ0) is 9.65. The molecule has 10 heteroatoms. The van der Waals surface area contributed by atoms with Crippen LogP contribution >= 0.6 is 0 Å². The van der Waals surface area contributed by atoms with Crippen LogP contribution in [0.4, 0.5) is 4.79 Å². The van der Waals surface area contributed by atoms with Gasteiger partial charge < -0.3 is 10.2 Å². The zero-order valence-electron chi connectivity index (χ0n) is 5.38. The van der Waals surface area contributed by atoms with Crippen LogP contribution in [0, 0.1) is 0 Å². The summed E-state index contributed by atoms with van der Waals surface area (Å²) in [6.45, 7) is 1.08. The van der Waals surface area contributed by atoms with E-state index in [2.05, 4.69) is 0 Å². The predicted octanol–water partition coefficient (Wildman–Crippen LogP) is -1.65. The van der Waals surface area contributed by atoms with E-state index in [4.69, 9.17) is 19.6 Å². The van der Waals surface area contributed by atoms with Crippen LogP contribution in [0.5, 0.6) is 0 Å². The van der Waals surface area contributed by atoms with E-state index in [0.717, 1.165) is 6.92 Å².